The number of aryl methyl sites for hydroxylation is 1. The zero-order chi connectivity index (χ0) is 17.2. The summed E-state index contributed by atoms with van der Waals surface area (Å²) in [5.41, 5.74) is 3.84. The molecule has 7 nitrogen and oxygen atoms in total. The van der Waals surface area contributed by atoms with Crippen LogP contribution in [-0.2, 0) is 16.1 Å². The SMILES string of the molecule is O=C1CCC(C(=O)N2CCCn3ccnc3C2c2ccccc2)=NN1. The lowest BCUT2D eigenvalue weighted by Crippen LogP contribution is -2.42. The third kappa shape index (κ3) is 2.93. The van der Waals surface area contributed by atoms with Gasteiger partial charge in [-0.15, -0.1) is 0 Å². The van der Waals surface area contributed by atoms with Crippen molar-refractivity contribution in [3.8, 4) is 0 Å². The van der Waals surface area contributed by atoms with Gasteiger partial charge in [-0.3, -0.25) is 9.59 Å². The second-order valence-corrected chi connectivity index (χ2v) is 6.24. The maximum absolute atomic E-state index is 13.1. The van der Waals surface area contributed by atoms with E-state index in [2.05, 4.69) is 20.1 Å². The van der Waals surface area contributed by atoms with Crippen molar-refractivity contribution in [2.24, 2.45) is 5.10 Å². The molecule has 0 saturated heterocycles. The van der Waals surface area contributed by atoms with Crippen molar-refractivity contribution in [3.05, 3.63) is 54.1 Å². The van der Waals surface area contributed by atoms with E-state index in [1.807, 2.05) is 41.4 Å². The molecule has 0 saturated carbocycles. The van der Waals surface area contributed by atoms with Gasteiger partial charge in [0, 0.05) is 38.3 Å². The third-order valence-corrected chi connectivity index (χ3v) is 4.63. The first kappa shape index (κ1) is 15.6. The summed E-state index contributed by atoms with van der Waals surface area (Å²) < 4.78 is 2.11. The summed E-state index contributed by atoms with van der Waals surface area (Å²) in [6, 6.07) is 9.66. The fraction of sp³-hybridized carbons (Fsp3) is 0.333. The van der Waals surface area contributed by atoms with Crippen LogP contribution in [-0.4, -0.2) is 38.5 Å². The van der Waals surface area contributed by atoms with Crippen LogP contribution in [0.1, 0.15) is 36.7 Å². The molecule has 1 unspecified atom stereocenters. The van der Waals surface area contributed by atoms with Crippen molar-refractivity contribution < 1.29 is 9.59 Å². The molecule has 0 bridgehead atoms. The molecule has 128 valence electrons. The van der Waals surface area contributed by atoms with Gasteiger partial charge in [0.05, 0.1) is 0 Å². The fourth-order valence-electron chi connectivity index (χ4n) is 3.41. The van der Waals surface area contributed by atoms with Crippen LogP contribution in [0.3, 0.4) is 0 Å². The monoisotopic (exact) mass is 337 g/mol. The van der Waals surface area contributed by atoms with Crippen molar-refractivity contribution in [1.29, 1.82) is 0 Å². The summed E-state index contributed by atoms with van der Waals surface area (Å²) in [6.07, 6.45) is 5.24. The quantitative estimate of drug-likeness (QED) is 0.901. The van der Waals surface area contributed by atoms with E-state index in [4.69, 9.17) is 0 Å². The number of hydrazone groups is 1. The molecule has 0 fully saturated rings. The van der Waals surface area contributed by atoms with E-state index in [1.165, 1.54) is 0 Å². The predicted octanol–water partition coefficient (Wildman–Crippen LogP) is 1.47. The fourth-order valence-corrected chi connectivity index (χ4v) is 3.41. The smallest absolute Gasteiger partial charge is 0.270 e. The summed E-state index contributed by atoms with van der Waals surface area (Å²) in [7, 11) is 0. The van der Waals surface area contributed by atoms with E-state index >= 15 is 0 Å². The van der Waals surface area contributed by atoms with Crippen LogP contribution in [0.25, 0.3) is 0 Å². The zero-order valence-corrected chi connectivity index (χ0v) is 13.8. The molecular weight excluding hydrogens is 318 g/mol. The Bertz CT molecular complexity index is 827. The van der Waals surface area contributed by atoms with Crippen molar-refractivity contribution in [2.75, 3.05) is 6.54 Å². The van der Waals surface area contributed by atoms with Gasteiger partial charge in [-0.05, 0) is 12.0 Å². The number of amides is 2. The average Bonchev–Trinajstić information content (AvgIpc) is 3.02. The normalized spacial score (nSPS) is 20.3. The topological polar surface area (TPSA) is 79.6 Å². The van der Waals surface area contributed by atoms with Gasteiger partial charge in [-0.25, -0.2) is 10.4 Å². The predicted molar refractivity (Wildman–Crippen MR) is 91.7 cm³/mol. The molecule has 4 rings (SSSR count). The Kier molecular flexibility index (Phi) is 4.05. The molecule has 3 heterocycles. The van der Waals surface area contributed by atoms with Gasteiger partial charge in [0.1, 0.15) is 17.6 Å². The first-order valence-corrected chi connectivity index (χ1v) is 8.46. The first-order valence-electron chi connectivity index (χ1n) is 8.46. The second kappa shape index (κ2) is 6.51. The maximum atomic E-state index is 13.1. The van der Waals surface area contributed by atoms with E-state index in [-0.39, 0.29) is 17.9 Å². The Morgan fingerprint density at radius 1 is 1.16 bits per heavy atom. The van der Waals surface area contributed by atoms with Gasteiger partial charge in [0.25, 0.3) is 5.91 Å². The Balaban J connectivity index is 1.74. The molecule has 0 aliphatic carbocycles. The number of fused-ring (bicyclic) bond motifs is 1. The minimum atomic E-state index is -0.258. The lowest BCUT2D eigenvalue weighted by Gasteiger charge is -2.30. The average molecular weight is 337 g/mol. The number of carbonyl (C=O) groups excluding carboxylic acids is 2. The Labute approximate surface area is 145 Å². The Morgan fingerprint density at radius 2 is 2.00 bits per heavy atom. The summed E-state index contributed by atoms with van der Waals surface area (Å²) in [4.78, 5) is 30.8. The van der Waals surface area contributed by atoms with Gasteiger partial charge >= 0.3 is 0 Å². The van der Waals surface area contributed by atoms with Crippen LogP contribution in [0.5, 0.6) is 0 Å². The van der Waals surface area contributed by atoms with E-state index in [0.29, 0.717) is 25.1 Å². The standard InChI is InChI=1S/C18H19N5O2/c24-15-8-7-14(20-21-15)18(25)23-11-4-10-22-12-9-19-17(22)16(23)13-5-2-1-3-6-13/h1-3,5-6,9,12,16H,4,7-8,10-11H2,(H,21,24). The minimum absolute atomic E-state index is 0.134. The first-order chi connectivity index (χ1) is 12.2. The molecule has 1 aromatic carbocycles. The molecule has 2 aromatic rings. The molecule has 2 aliphatic heterocycles. The lowest BCUT2D eigenvalue weighted by atomic mass is 10.0. The number of imidazole rings is 1. The second-order valence-electron chi connectivity index (χ2n) is 6.24. The molecule has 2 aliphatic rings. The van der Waals surface area contributed by atoms with Crippen LogP contribution < -0.4 is 5.43 Å². The van der Waals surface area contributed by atoms with Crippen molar-refractivity contribution in [1.82, 2.24) is 19.9 Å². The maximum Gasteiger partial charge on any atom is 0.270 e. The summed E-state index contributed by atoms with van der Waals surface area (Å²) in [5.74, 6) is 0.574. The highest BCUT2D eigenvalue weighted by atomic mass is 16.2. The molecule has 1 N–H and O–H groups in total. The largest absolute Gasteiger partial charge is 0.333 e. The Hall–Kier alpha value is -2.96. The van der Waals surface area contributed by atoms with Crippen LogP contribution in [0.15, 0.2) is 47.8 Å². The lowest BCUT2D eigenvalue weighted by molar-refractivity contribution is -0.126. The molecule has 2 amide bonds. The molecule has 0 spiro atoms. The molecule has 1 atom stereocenters. The van der Waals surface area contributed by atoms with Crippen LogP contribution >= 0.6 is 0 Å². The minimum Gasteiger partial charge on any atom is -0.333 e. The van der Waals surface area contributed by atoms with Gasteiger partial charge < -0.3 is 9.47 Å². The number of rotatable bonds is 2. The highest BCUT2D eigenvalue weighted by Gasteiger charge is 2.34. The number of nitrogens with one attached hydrogen (secondary N) is 1. The van der Waals surface area contributed by atoms with Crippen molar-refractivity contribution in [3.63, 3.8) is 0 Å². The number of aromatic nitrogens is 2. The number of nitrogens with zero attached hydrogens (tertiary/aromatic N) is 4. The zero-order valence-electron chi connectivity index (χ0n) is 13.8. The van der Waals surface area contributed by atoms with Gasteiger partial charge in [0.2, 0.25) is 5.91 Å². The van der Waals surface area contributed by atoms with Crippen molar-refractivity contribution >= 4 is 17.5 Å². The van der Waals surface area contributed by atoms with Gasteiger partial charge in [0.15, 0.2) is 0 Å². The van der Waals surface area contributed by atoms with E-state index in [9.17, 15) is 9.59 Å². The highest BCUT2D eigenvalue weighted by molar-refractivity contribution is 6.39. The van der Waals surface area contributed by atoms with E-state index in [1.54, 1.807) is 6.20 Å². The highest BCUT2D eigenvalue weighted by Crippen LogP contribution is 2.30. The molecular formula is C18H19N5O2. The summed E-state index contributed by atoms with van der Waals surface area (Å²) >= 11 is 0. The third-order valence-electron chi connectivity index (χ3n) is 4.63. The number of hydrogen-bond acceptors (Lipinski definition) is 4. The molecule has 0 radical (unpaired) electrons. The van der Waals surface area contributed by atoms with Crippen molar-refractivity contribution in [2.45, 2.75) is 31.8 Å². The molecule has 7 heteroatoms. The Morgan fingerprint density at radius 3 is 2.76 bits per heavy atom. The van der Waals surface area contributed by atoms with Crippen LogP contribution in [0, 0.1) is 0 Å². The molecule has 1 aromatic heterocycles. The van der Waals surface area contributed by atoms with Crippen LogP contribution in [0.2, 0.25) is 0 Å². The van der Waals surface area contributed by atoms with E-state index < -0.39 is 0 Å². The molecule has 25 heavy (non-hydrogen) atoms. The number of carbonyl (C=O) groups is 2. The number of benzene rings is 1. The van der Waals surface area contributed by atoms with E-state index in [0.717, 1.165) is 24.4 Å². The van der Waals surface area contributed by atoms with Crippen LogP contribution in [0.4, 0.5) is 0 Å². The number of hydrogen-bond donors (Lipinski definition) is 1. The van der Waals surface area contributed by atoms with Gasteiger partial charge in [-0.1, -0.05) is 30.3 Å². The summed E-state index contributed by atoms with van der Waals surface area (Å²) in [5, 5.41) is 3.99. The summed E-state index contributed by atoms with van der Waals surface area (Å²) in [6.45, 7) is 1.44. The van der Waals surface area contributed by atoms with Gasteiger partial charge in [-0.2, -0.15) is 5.10 Å².